The molecular formula is C59H42N2. The molecule has 0 saturated carbocycles. The van der Waals surface area contributed by atoms with E-state index in [0.717, 1.165) is 39.3 Å². The van der Waals surface area contributed by atoms with Crippen molar-refractivity contribution >= 4 is 49.6 Å². The zero-order chi connectivity index (χ0) is 40.7. The molecule has 1 aromatic heterocycles. The average Bonchev–Trinajstić information content (AvgIpc) is 3.68. The van der Waals surface area contributed by atoms with Gasteiger partial charge in [0, 0.05) is 27.3 Å². The number of hydrogen-bond donors (Lipinski definition) is 0. The van der Waals surface area contributed by atoms with Gasteiger partial charge < -0.3 is 9.47 Å². The molecule has 1 heterocycles. The Morgan fingerprint density at radius 2 is 0.852 bits per heavy atom. The van der Waals surface area contributed by atoms with Crippen LogP contribution in [0.25, 0.3) is 82.8 Å². The highest BCUT2D eigenvalue weighted by molar-refractivity contribution is 6.19. The summed E-state index contributed by atoms with van der Waals surface area (Å²) in [7, 11) is 0. The maximum absolute atomic E-state index is 2.52. The van der Waals surface area contributed by atoms with Gasteiger partial charge in [0.05, 0.1) is 33.8 Å². The molecule has 0 amide bonds. The first-order valence-electron chi connectivity index (χ1n) is 21.0. The Labute approximate surface area is 356 Å². The second kappa shape index (κ2) is 15.3. The first-order valence-corrected chi connectivity index (χ1v) is 21.0. The molecule has 0 aliphatic heterocycles. The van der Waals surface area contributed by atoms with Crippen LogP contribution in [0.5, 0.6) is 0 Å². The molecule has 11 rings (SSSR count). The number of hydrogen-bond acceptors (Lipinski definition) is 1. The van der Waals surface area contributed by atoms with Crippen LogP contribution in [0.3, 0.4) is 0 Å². The maximum atomic E-state index is 2.52. The largest absolute Gasteiger partial charge is 0.309 e. The summed E-state index contributed by atoms with van der Waals surface area (Å²) >= 11 is 0. The van der Waals surface area contributed by atoms with Gasteiger partial charge in [-0.25, -0.2) is 0 Å². The lowest BCUT2D eigenvalue weighted by Gasteiger charge is -2.30. The van der Waals surface area contributed by atoms with Crippen molar-refractivity contribution in [3.05, 3.63) is 242 Å². The number of rotatable bonds is 8. The Balaban J connectivity index is 1.24. The minimum atomic E-state index is 1.11. The summed E-state index contributed by atoms with van der Waals surface area (Å²) in [6.45, 7) is 2.20. The van der Waals surface area contributed by atoms with E-state index in [1.54, 1.807) is 0 Å². The van der Waals surface area contributed by atoms with E-state index in [-0.39, 0.29) is 0 Å². The van der Waals surface area contributed by atoms with Crippen LogP contribution in [-0.2, 0) is 0 Å². The van der Waals surface area contributed by atoms with Crippen molar-refractivity contribution in [2.75, 3.05) is 4.90 Å². The Morgan fingerprint density at radius 1 is 0.311 bits per heavy atom. The van der Waals surface area contributed by atoms with E-state index in [2.05, 4.69) is 253 Å². The summed E-state index contributed by atoms with van der Waals surface area (Å²) in [5, 5.41) is 4.79. The number of para-hydroxylation sites is 2. The van der Waals surface area contributed by atoms with E-state index in [0.29, 0.717) is 0 Å². The molecule has 0 N–H and O–H groups in total. The van der Waals surface area contributed by atoms with Crippen molar-refractivity contribution in [3.8, 4) is 50.2 Å². The van der Waals surface area contributed by atoms with Gasteiger partial charge in [0.15, 0.2) is 0 Å². The first kappa shape index (κ1) is 36.2. The molecule has 0 atom stereocenters. The SMILES string of the molecule is Cc1ccccc1-c1ccc(N(c2ccccc2-c2ccccc2)c2cccc3c2c2ccccc2n3-c2cc(-c3ccccc3)ccc2-c2ccccc2)c2ccccc12. The topological polar surface area (TPSA) is 8.17 Å². The molecule has 2 nitrogen and oxygen atoms in total. The summed E-state index contributed by atoms with van der Waals surface area (Å²) in [5.41, 5.74) is 17.6. The van der Waals surface area contributed by atoms with Gasteiger partial charge in [-0.3, -0.25) is 0 Å². The minimum absolute atomic E-state index is 1.11. The highest BCUT2D eigenvalue weighted by Crippen LogP contribution is 2.50. The zero-order valence-corrected chi connectivity index (χ0v) is 33.9. The fourth-order valence-electron chi connectivity index (χ4n) is 9.34. The summed E-state index contributed by atoms with van der Waals surface area (Å²) < 4.78 is 2.49. The van der Waals surface area contributed by atoms with Gasteiger partial charge in [-0.2, -0.15) is 0 Å². The van der Waals surface area contributed by atoms with Gasteiger partial charge in [0.25, 0.3) is 0 Å². The quantitative estimate of drug-likeness (QED) is 0.149. The van der Waals surface area contributed by atoms with Crippen molar-refractivity contribution in [1.29, 1.82) is 0 Å². The third-order valence-electron chi connectivity index (χ3n) is 12.2. The lowest BCUT2D eigenvalue weighted by molar-refractivity contribution is 1.18. The smallest absolute Gasteiger partial charge is 0.0562 e. The number of anilines is 3. The Morgan fingerprint density at radius 3 is 1.59 bits per heavy atom. The fraction of sp³-hybridized carbons (Fsp3) is 0.0169. The second-order valence-corrected chi connectivity index (χ2v) is 15.7. The molecule has 0 saturated heterocycles. The number of nitrogens with zero attached hydrogens (tertiary/aromatic N) is 2. The molecule has 11 aromatic rings. The molecule has 0 bridgehead atoms. The van der Waals surface area contributed by atoms with E-state index in [4.69, 9.17) is 0 Å². The third kappa shape index (κ3) is 6.29. The Hall–Kier alpha value is -7.94. The van der Waals surface area contributed by atoms with E-state index >= 15 is 0 Å². The van der Waals surface area contributed by atoms with Crippen LogP contribution in [-0.4, -0.2) is 4.57 Å². The molecule has 0 fully saturated rings. The van der Waals surface area contributed by atoms with Crippen LogP contribution in [0.2, 0.25) is 0 Å². The molecular weight excluding hydrogens is 737 g/mol. The Bertz CT molecular complexity index is 3360. The summed E-state index contributed by atoms with van der Waals surface area (Å²) in [6, 6.07) is 86.1. The van der Waals surface area contributed by atoms with Crippen LogP contribution in [0.1, 0.15) is 5.56 Å². The molecule has 0 aliphatic rings. The summed E-state index contributed by atoms with van der Waals surface area (Å²) in [5.74, 6) is 0. The van der Waals surface area contributed by atoms with Crippen molar-refractivity contribution in [3.63, 3.8) is 0 Å². The minimum Gasteiger partial charge on any atom is -0.309 e. The number of aromatic nitrogens is 1. The van der Waals surface area contributed by atoms with Gasteiger partial charge in [-0.05, 0) is 87.7 Å². The number of benzene rings is 10. The lowest BCUT2D eigenvalue weighted by Crippen LogP contribution is -2.12. The predicted molar refractivity (Wildman–Crippen MR) is 259 cm³/mol. The van der Waals surface area contributed by atoms with E-state index in [1.165, 1.54) is 66.1 Å². The lowest BCUT2D eigenvalue weighted by atomic mass is 9.93. The molecule has 0 unspecified atom stereocenters. The third-order valence-corrected chi connectivity index (χ3v) is 12.2. The van der Waals surface area contributed by atoms with Crippen LogP contribution >= 0.6 is 0 Å². The summed E-state index contributed by atoms with van der Waals surface area (Å²) in [6.07, 6.45) is 0. The van der Waals surface area contributed by atoms with Crippen molar-refractivity contribution in [2.24, 2.45) is 0 Å². The molecule has 0 radical (unpaired) electrons. The molecule has 10 aromatic carbocycles. The monoisotopic (exact) mass is 778 g/mol. The standard InChI is InChI=1S/C59H42N2/c1-41-20-11-12-27-46(41)50-38-39-55(51-30-14-13-29-49(50)51)60(53-32-17-15-28-47(53)43-23-7-3-8-24-43)56-34-19-35-57-59(56)52-31-16-18-33-54(52)61(57)58-40-45(42-21-5-2-6-22-42)36-37-48(58)44-25-9-4-10-26-44/h2-40H,1H3. The van der Waals surface area contributed by atoms with E-state index in [9.17, 15) is 0 Å². The van der Waals surface area contributed by atoms with Crippen molar-refractivity contribution < 1.29 is 0 Å². The molecule has 0 spiro atoms. The van der Waals surface area contributed by atoms with Crippen molar-refractivity contribution in [1.82, 2.24) is 4.57 Å². The fourth-order valence-corrected chi connectivity index (χ4v) is 9.34. The summed E-state index contributed by atoms with van der Waals surface area (Å²) in [4.78, 5) is 2.52. The molecule has 61 heavy (non-hydrogen) atoms. The highest BCUT2D eigenvalue weighted by Gasteiger charge is 2.25. The normalized spacial score (nSPS) is 11.4. The van der Waals surface area contributed by atoms with E-state index in [1.807, 2.05) is 0 Å². The van der Waals surface area contributed by atoms with Crippen LogP contribution in [0.4, 0.5) is 17.1 Å². The molecule has 0 aliphatic carbocycles. The first-order chi connectivity index (χ1) is 30.2. The van der Waals surface area contributed by atoms with Gasteiger partial charge in [-0.15, -0.1) is 0 Å². The van der Waals surface area contributed by atoms with Gasteiger partial charge >= 0.3 is 0 Å². The number of aryl methyl sites for hydroxylation is 1. The van der Waals surface area contributed by atoms with Gasteiger partial charge in [0.1, 0.15) is 0 Å². The van der Waals surface area contributed by atoms with Gasteiger partial charge in [-0.1, -0.05) is 200 Å². The number of fused-ring (bicyclic) bond motifs is 4. The zero-order valence-electron chi connectivity index (χ0n) is 33.9. The predicted octanol–water partition coefficient (Wildman–Crippen LogP) is 16.4. The van der Waals surface area contributed by atoms with Gasteiger partial charge in [0.2, 0.25) is 0 Å². The van der Waals surface area contributed by atoms with Crippen molar-refractivity contribution in [2.45, 2.75) is 6.92 Å². The molecule has 288 valence electrons. The molecule has 2 heteroatoms. The van der Waals surface area contributed by atoms with Crippen LogP contribution in [0, 0.1) is 6.92 Å². The maximum Gasteiger partial charge on any atom is 0.0562 e. The Kier molecular flexibility index (Phi) is 9.09. The van der Waals surface area contributed by atoms with Crippen LogP contribution in [0.15, 0.2) is 237 Å². The van der Waals surface area contributed by atoms with Crippen LogP contribution < -0.4 is 4.90 Å². The van der Waals surface area contributed by atoms with E-state index < -0.39 is 0 Å². The highest BCUT2D eigenvalue weighted by atomic mass is 15.2. The second-order valence-electron chi connectivity index (χ2n) is 15.7. The average molecular weight is 779 g/mol.